The zero-order valence-electron chi connectivity index (χ0n) is 16.3. The number of rotatable bonds is 4. The molecule has 2 aromatic heterocycles. The van der Waals surface area contributed by atoms with Crippen molar-refractivity contribution < 1.29 is 9.53 Å². The number of imidazole rings is 1. The third-order valence-electron chi connectivity index (χ3n) is 4.74. The number of carbonyl (C=O) groups excluding carboxylic acids is 1. The molecular weight excluding hydrogens is 411 g/mol. The summed E-state index contributed by atoms with van der Waals surface area (Å²) in [6, 6.07) is 11.4. The molecule has 1 aromatic carbocycles. The lowest BCUT2D eigenvalue weighted by Crippen LogP contribution is -2.34. The first-order valence-corrected chi connectivity index (χ1v) is 9.36. The maximum absolute atomic E-state index is 12.8. The van der Waals surface area contributed by atoms with Gasteiger partial charge in [0.15, 0.2) is 0 Å². The Balaban J connectivity index is 0.00000150. The van der Waals surface area contributed by atoms with Crippen molar-refractivity contribution in [2.45, 2.75) is 20.0 Å². The average molecular weight is 437 g/mol. The van der Waals surface area contributed by atoms with Crippen LogP contribution in [-0.4, -0.2) is 46.4 Å². The fraction of sp³-hybridized carbons (Fsp3) is 0.333. The van der Waals surface area contributed by atoms with E-state index in [2.05, 4.69) is 17.2 Å². The second-order valence-corrected chi connectivity index (χ2v) is 6.92. The molecule has 3 heterocycles. The van der Waals surface area contributed by atoms with Gasteiger partial charge in [0.05, 0.1) is 5.69 Å². The Hall–Kier alpha value is -2.28. The van der Waals surface area contributed by atoms with E-state index < -0.39 is 0 Å². The van der Waals surface area contributed by atoms with Gasteiger partial charge in [0, 0.05) is 37.6 Å². The van der Waals surface area contributed by atoms with Crippen LogP contribution in [0.3, 0.4) is 0 Å². The van der Waals surface area contributed by atoms with Gasteiger partial charge in [-0.05, 0) is 49.7 Å². The van der Waals surface area contributed by atoms with Crippen LogP contribution in [0.5, 0.6) is 5.75 Å². The fourth-order valence-corrected chi connectivity index (χ4v) is 3.33. The van der Waals surface area contributed by atoms with Crippen LogP contribution in [0.15, 0.2) is 48.8 Å². The van der Waals surface area contributed by atoms with Gasteiger partial charge in [0.1, 0.15) is 18.0 Å². The molecule has 0 unspecified atom stereocenters. The molecule has 0 atom stereocenters. The summed E-state index contributed by atoms with van der Waals surface area (Å²) in [6.07, 6.45) is 5.00. The number of amides is 1. The molecule has 4 rings (SSSR count). The first kappa shape index (κ1) is 23.0. The van der Waals surface area contributed by atoms with Gasteiger partial charge in [-0.1, -0.05) is 12.1 Å². The predicted octanol–water partition coefficient (Wildman–Crippen LogP) is 3.50. The highest BCUT2D eigenvalue weighted by molar-refractivity contribution is 5.94. The number of pyridine rings is 1. The van der Waals surface area contributed by atoms with Gasteiger partial charge in [0.25, 0.3) is 5.91 Å². The van der Waals surface area contributed by atoms with Crippen molar-refractivity contribution in [1.82, 2.24) is 19.6 Å². The molecule has 1 saturated heterocycles. The molecule has 6 nitrogen and oxygen atoms in total. The summed E-state index contributed by atoms with van der Waals surface area (Å²) >= 11 is 0. The molecule has 0 bridgehead atoms. The number of nitrogens with zero attached hydrogens (tertiary/aromatic N) is 3. The molecule has 29 heavy (non-hydrogen) atoms. The van der Waals surface area contributed by atoms with Crippen LogP contribution in [0.4, 0.5) is 0 Å². The SMILES string of the molecule is Cc1ccc2nc(COc3cccc(C(=O)N4CCCNCC4)c3)cn2c1.Cl.Cl. The van der Waals surface area contributed by atoms with E-state index in [9.17, 15) is 4.79 Å². The highest BCUT2D eigenvalue weighted by atomic mass is 35.5. The lowest BCUT2D eigenvalue weighted by atomic mass is 10.2. The molecule has 8 heteroatoms. The van der Waals surface area contributed by atoms with E-state index in [0.717, 1.165) is 43.9 Å². The molecule has 1 aliphatic rings. The average Bonchev–Trinajstić information content (AvgIpc) is 2.89. The van der Waals surface area contributed by atoms with Crippen molar-refractivity contribution in [1.29, 1.82) is 0 Å². The number of nitrogens with one attached hydrogen (secondary N) is 1. The predicted molar refractivity (Wildman–Crippen MR) is 119 cm³/mol. The number of hydrogen-bond acceptors (Lipinski definition) is 4. The van der Waals surface area contributed by atoms with Crippen molar-refractivity contribution >= 4 is 36.4 Å². The zero-order chi connectivity index (χ0) is 18.6. The first-order chi connectivity index (χ1) is 13.2. The van der Waals surface area contributed by atoms with Gasteiger partial charge >= 0.3 is 0 Å². The van der Waals surface area contributed by atoms with Crippen LogP contribution in [-0.2, 0) is 6.61 Å². The third-order valence-corrected chi connectivity index (χ3v) is 4.74. The largest absolute Gasteiger partial charge is 0.487 e. The van der Waals surface area contributed by atoms with E-state index in [1.54, 1.807) is 0 Å². The number of aromatic nitrogens is 2. The Kier molecular flexibility index (Phi) is 8.32. The van der Waals surface area contributed by atoms with Crippen molar-refractivity contribution in [2.75, 3.05) is 26.2 Å². The Morgan fingerprint density at radius 2 is 2.00 bits per heavy atom. The number of benzene rings is 1. The van der Waals surface area contributed by atoms with Crippen molar-refractivity contribution in [3.8, 4) is 5.75 Å². The number of ether oxygens (including phenoxy) is 1. The van der Waals surface area contributed by atoms with E-state index in [4.69, 9.17) is 4.74 Å². The third kappa shape index (κ3) is 5.63. The van der Waals surface area contributed by atoms with Gasteiger partial charge in [-0.3, -0.25) is 4.79 Å². The normalized spacial score (nSPS) is 13.9. The Morgan fingerprint density at radius 1 is 1.14 bits per heavy atom. The minimum Gasteiger partial charge on any atom is -0.487 e. The van der Waals surface area contributed by atoms with Gasteiger partial charge in [-0.2, -0.15) is 0 Å². The maximum atomic E-state index is 12.8. The number of carbonyl (C=O) groups is 1. The van der Waals surface area contributed by atoms with Crippen molar-refractivity contribution in [2.24, 2.45) is 0 Å². The first-order valence-electron chi connectivity index (χ1n) is 9.36. The molecule has 1 fully saturated rings. The van der Waals surface area contributed by atoms with E-state index in [0.29, 0.717) is 17.9 Å². The second-order valence-electron chi connectivity index (χ2n) is 6.92. The second kappa shape index (κ2) is 10.5. The molecule has 0 spiro atoms. The molecule has 1 N–H and O–H groups in total. The van der Waals surface area contributed by atoms with Gasteiger partial charge in [0.2, 0.25) is 0 Å². The molecule has 1 aliphatic heterocycles. The highest BCUT2D eigenvalue weighted by Crippen LogP contribution is 2.17. The van der Waals surface area contributed by atoms with Crippen LogP contribution in [0.25, 0.3) is 5.65 Å². The summed E-state index contributed by atoms with van der Waals surface area (Å²) in [7, 11) is 0. The van der Waals surface area contributed by atoms with Gasteiger partial charge in [-0.15, -0.1) is 24.8 Å². The lowest BCUT2D eigenvalue weighted by Gasteiger charge is -2.20. The van der Waals surface area contributed by atoms with Gasteiger partial charge in [-0.25, -0.2) is 4.98 Å². The summed E-state index contributed by atoms with van der Waals surface area (Å²) in [5, 5.41) is 3.32. The highest BCUT2D eigenvalue weighted by Gasteiger charge is 2.17. The molecular formula is C21H26Cl2N4O2. The van der Waals surface area contributed by atoms with Crippen molar-refractivity contribution in [3.05, 3.63) is 65.6 Å². The van der Waals surface area contributed by atoms with Crippen LogP contribution in [0, 0.1) is 6.92 Å². The smallest absolute Gasteiger partial charge is 0.254 e. The Morgan fingerprint density at radius 3 is 2.86 bits per heavy atom. The summed E-state index contributed by atoms with van der Waals surface area (Å²) < 4.78 is 7.90. The summed E-state index contributed by atoms with van der Waals surface area (Å²) in [5.41, 5.74) is 3.61. The van der Waals surface area contributed by atoms with Crippen LogP contribution in [0.2, 0.25) is 0 Å². The Labute approximate surface area is 183 Å². The van der Waals surface area contributed by atoms with Gasteiger partial charge < -0.3 is 19.4 Å². The number of hydrogen-bond donors (Lipinski definition) is 1. The standard InChI is InChI=1S/C21H24N4O2.2ClH/c1-16-6-7-20-23-18(14-25(20)13-16)15-27-19-5-2-4-17(12-19)21(26)24-10-3-8-22-9-11-24;;/h2,4-7,12-14,22H,3,8-11,15H2,1H3;2*1H. The zero-order valence-corrected chi connectivity index (χ0v) is 18.0. The summed E-state index contributed by atoms with van der Waals surface area (Å²) in [6.45, 7) is 5.76. The Bertz CT molecular complexity index is 953. The monoisotopic (exact) mass is 436 g/mol. The van der Waals surface area contributed by atoms with E-state index in [1.165, 1.54) is 5.56 Å². The number of halogens is 2. The fourth-order valence-electron chi connectivity index (χ4n) is 3.33. The van der Waals surface area contributed by atoms with E-state index >= 15 is 0 Å². The summed E-state index contributed by atoms with van der Waals surface area (Å²) in [4.78, 5) is 19.2. The molecule has 0 radical (unpaired) electrons. The number of fused-ring (bicyclic) bond motifs is 1. The van der Waals surface area contributed by atoms with Crippen LogP contribution < -0.4 is 10.1 Å². The quantitative estimate of drug-likeness (QED) is 0.679. The molecule has 0 aliphatic carbocycles. The van der Waals surface area contributed by atoms with Crippen LogP contribution >= 0.6 is 24.8 Å². The van der Waals surface area contributed by atoms with Crippen molar-refractivity contribution in [3.63, 3.8) is 0 Å². The molecule has 0 saturated carbocycles. The molecule has 3 aromatic rings. The number of aryl methyl sites for hydroxylation is 1. The summed E-state index contributed by atoms with van der Waals surface area (Å²) in [5.74, 6) is 0.745. The minimum absolute atomic E-state index is 0. The van der Waals surface area contributed by atoms with E-state index in [-0.39, 0.29) is 30.7 Å². The topological polar surface area (TPSA) is 58.9 Å². The minimum atomic E-state index is 0. The maximum Gasteiger partial charge on any atom is 0.254 e. The molecule has 156 valence electrons. The van der Waals surface area contributed by atoms with E-state index in [1.807, 2.05) is 58.1 Å². The van der Waals surface area contributed by atoms with Crippen LogP contribution in [0.1, 0.15) is 28.0 Å². The lowest BCUT2D eigenvalue weighted by molar-refractivity contribution is 0.0766. The molecule has 1 amide bonds.